The number of rotatable bonds is 6. The van der Waals surface area contributed by atoms with Gasteiger partial charge < -0.3 is 29.7 Å². The quantitative estimate of drug-likeness (QED) is 0.315. The van der Waals surface area contributed by atoms with Gasteiger partial charge in [-0.3, -0.25) is 9.59 Å². The molecule has 2 atom stereocenters. The van der Waals surface area contributed by atoms with Crippen molar-refractivity contribution in [3.63, 3.8) is 0 Å². The smallest absolute Gasteiger partial charge is 0.227 e. The number of phenols is 1. The van der Waals surface area contributed by atoms with Gasteiger partial charge in [-0.2, -0.15) is 0 Å². The number of methoxy groups -OCH3 is 1. The number of nitrogens with one attached hydrogen (secondary N) is 2. The molecule has 0 aliphatic heterocycles. The molecule has 0 saturated heterocycles. The zero-order valence-corrected chi connectivity index (χ0v) is 20.1. The summed E-state index contributed by atoms with van der Waals surface area (Å²) in [7, 11) is 1.42. The van der Waals surface area contributed by atoms with Crippen LogP contribution >= 0.6 is 0 Å². The van der Waals surface area contributed by atoms with Crippen LogP contribution in [0.1, 0.15) is 59.6 Å². The number of aromatic amines is 1. The summed E-state index contributed by atoms with van der Waals surface area (Å²) in [6.45, 7) is 1.61. The van der Waals surface area contributed by atoms with Gasteiger partial charge in [0.15, 0.2) is 17.3 Å². The molecule has 0 radical (unpaired) electrons. The first-order valence-corrected chi connectivity index (χ1v) is 11.9. The summed E-state index contributed by atoms with van der Waals surface area (Å²) in [6, 6.07) is 13.8. The normalized spacial score (nSPS) is 15.9. The number of ether oxygens (including phenoxy) is 1. The molecule has 36 heavy (non-hydrogen) atoms. The molecule has 0 unspecified atom stereocenters. The van der Waals surface area contributed by atoms with Crippen molar-refractivity contribution in [1.82, 2.24) is 10.3 Å². The summed E-state index contributed by atoms with van der Waals surface area (Å²) >= 11 is 0. The number of carbonyl (C=O) groups is 1. The van der Waals surface area contributed by atoms with Crippen molar-refractivity contribution < 1.29 is 24.2 Å². The van der Waals surface area contributed by atoms with E-state index in [1.165, 1.54) is 30.2 Å². The van der Waals surface area contributed by atoms with Crippen molar-refractivity contribution in [1.29, 1.82) is 0 Å². The van der Waals surface area contributed by atoms with Crippen molar-refractivity contribution in [3.8, 4) is 17.2 Å². The summed E-state index contributed by atoms with van der Waals surface area (Å²) in [5.74, 6) is -1.11. The average molecular weight is 489 g/mol. The molecule has 5 rings (SSSR count). The first kappa shape index (κ1) is 23.5. The summed E-state index contributed by atoms with van der Waals surface area (Å²) in [6.07, 6.45) is 2.61. The fourth-order valence-corrected chi connectivity index (χ4v) is 5.13. The van der Waals surface area contributed by atoms with E-state index >= 15 is 0 Å². The van der Waals surface area contributed by atoms with Gasteiger partial charge in [0.25, 0.3) is 0 Å². The monoisotopic (exact) mass is 488 g/mol. The number of aryl methyl sites for hydroxylation is 2. The molecule has 4 aromatic rings. The van der Waals surface area contributed by atoms with Crippen molar-refractivity contribution in [3.05, 3.63) is 87.1 Å². The zero-order chi connectivity index (χ0) is 25.4. The molecule has 0 fully saturated rings. The molecule has 8 heteroatoms. The Hall–Kier alpha value is -4.20. The van der Waals surface area contributed by atoms with Crippen LogP contribution in [0.25, 0.3) is 10.9 Å². The van der Waals surface area contributed by atoms with Gasteiger partial charge in [-0.05, 0) is 55.5 Å². The van der Waals surface area contributed by atoms with E-state index in [9.17, 15) is 19.8 Å². The Kier molecular flexibility index (Phi) is 6.18. The van der Waals surface area contributed by atoms with E-state index < -0.39 is 17.1 Å². The maximum Gasteiger partial charge on any atom is 0.227 e. The minimum absolute atomic E-state index is 0.00200. The van der Waals surface area contributed by atoms with E-state index in [0.717, 1.165) is 30.5 Å². The second-order valence-corrected chi connectivity index (χ2v) is 9.20. The van der Waals surface area contributed by atoms with Crippen molar-refractivity contribution >= 4 is 16.8 Å². The van der Waals surface area contributed by atoms with Crippen LogP contribution in [0, 0.1) is 6.92 Å². The number of para-hydroxylation sites is 1. The molecule has 0 saturated carbocycles. The second kappa shape index (κ2) is 9.45. The molecule has 2 aromatic heterocycles. The molecular formula is C28H28N2O6. The molecule has 186 valence electrons. The van der Waals surface area contributed by atoms with Gasteiger partial charge in [0.1, 0.15) is 5.76 Å². The average Bonchev–Trinajstić information content (AvgIpc) is 3.25. The molecule has 2 aromatic carbocycles. The molecule has 2 heterocycles. The molecule has 1 amide bonds. The third-order valence-corrected chi connectivity index (χ3v) is 6.83. The zero-order valence-electron chi connectivity index (χ0n) is 20.1. The largest absolute Gasteiger partial charge is 0.504 e. The lowest BCUT2D eigenvalue weighted by Crippen LogP contribution is -2.32. The summed E-state index contributed by atoms with van der Waals surface area (Å²) in [5.41, 5.74) is 3.26. The Morgan fingerprint density at radius 1 is 1.22 bits per heavy atom. The van der Waals surface area contributed by atoms with Crippen LogP contribution in [0.3, 0.4) is 0 Å². The highest BCUT2D eigenvalue weighted by molar-refractivity contribution is 5.85. The number of carbonyl (C=O) groups excluding carboxylic acids is 1. The Bertz CT molecular complexity index is 1500. The van der Waals surface area contributed by atoms with Crippen molar-refractivity contribution in [2.45, 2.75) is 44.6 Å². The topological polar surface area (TPSA) is 125 Å². The van der Waals surface area contributed by atoms with Gasteiger partial charge in [-0.15, -0.1) is 0 Å². The third kappa shape index (κ3) is 4.30. The predicted octanol–water partition coefficient (Wildman–Crippen LogP) is 4.57. The number of aromatic hydroxyl groups is 2. The highest BCUT2D eigenvalue weighted by Crippen LogP contribution is 2.38. The van der Waals surface area contributed by atoms with Crippen LogP contribution < -0.4 is 15.5 Å². The second-order valence-electron chi connectivity index (χ2n) is 9.20. The van der Waals surface area contributed by atoms with Crippen molar-refractivity contribution in [2.75, 3.05) is 7.11 Å². The molecule has 1 aliphatic carbocycles. The fraction of sp³-hybridized carbons (Fsp3) is 0.286. The Morgan fingerprint density at radius 2 is 2.03 bits per heavy atom. The maximum absolute atomic E-state index is 13.4. The van der Waals surface area contributed by atoms with Gasteiger partial charge in [-0.25, -0.2) is 0 Å². The summed E-state index contributed by atoms with van der Waals surface area (Å²) in [4.78, 5) is 29.2. The van der Waals surface area contributed by atoms with Gasteiger partial charge in [0, 0.05) is 29.1 Å². The molecule has 1 aliphatic rings. The highest BCUT2D eigenvalue weighted by atomic mass is 16.5. The first-order chi connectivity index (χ1) is 17.4. The standard InChI is InChI=1S/C28H28N2O6/c1-15-12-23(32)27(34)28(36-15)19(16-10-11-22(31)24(13-16)35-2)14-25(33)29-21-9-5-7-18-17-6-3-4-8-20(17)30-26(18)21/h3-4,6,8,10-13,19,21,30-31,34H,5,7,9,14H2,1-2H3,(H,29,33)/t19-,21-/m1/s1. The van der Waals surface area contributed by atoms with Gasteiger partial charge in [0.05, 0.1) is 19.1 Å². The molecule has 8 nitrogen and oxygen atoms in total. The molecule has 0 spiro atoms. The minimum atomic E-state index is -0.780. The van der Waals surface area contributed by atoms with Crippen LogP contribution in [-0.2, 0) is 11.2 Å². The number of hydrogen-bond acceptors (Lipinski definition) is 6. The lowest BCUT2D eigenvalue weighted by atomic mass is 9.89. The van der Waals surface area contributed by atoms with Gasteiger partial charge >= 0.3 is 0 Å². The van der Waals surface area contributed by atoms with Crippen LogP contribution in [0.5, 0.6) is 17.2 Å². The number of amides is 1. The first-order valence-electron chi connectivity index (χ1n) is 11.9. The predicted molar refractivity (Wildman–Crippen MR) is 135 cm³/mol. The van der Waals surface area contributed by atoms with Gasteiger partial charge in [-0.1, -0.05) is 24.3 Å². The third-order valence-electron chi connectivity index (χ3n) is 6.83. The Balaban J connectivity index is 1.48. The lowest BCUT2D eigenvalue weighted by molar-refractivity contribution is -0.122. The number of H-pyrrole nitrogens is 1. The van der Waals surface area contributed by atoms with E-state index in [1.807, 2.05) is 18.2 Å². The van der Waals surface area contributed by atoms with E-state index in [4.69, 9.17) is 9.15 Å². The van der Waals surface area contributed by atoms with E-state index in [0.29, 0.717) is 11.3 Å². The van der Waals surface area contributed by atoms with Crippen LogP contribution in [-0.4, -0.2) is 28.2 Å². The number of benzene rings is 2. The van der Waals surface area contributed by atoms with Crippen molar-refractivity contribution in [2.24, 2.45) is 0 Å². The number of aromatic nitrogens is 1. The van der Waals surface area contributed by atoms with Crippen LogP contribution in [0.15, 0.2) is 57.7 Å². The Morgan fingerprint density at radius 3 is 2.83 bits per heavy atom. The lowest BCUT2D eigenvalue weighted by Gasteiger charge is -2.25. The van der Waals surface area contributed by atoms with E-state index in [2.05, 4.69) is 16.4 Å². The summed E-state index contributed by atoms with van der Waals surface area (Å²) < 4.78 is 11.0. The number of hydrogen-bond donors (Lipinski definition) is 4. The minimum Gasteiger partial charge on any atom is -0.504 e. The molecule has 4 N–H and O–H groups in total. The molecule has 0 bridgehead atoms. The van der Waals surface area contributed by atoms with E-state index in [1.54, 1.807) is 19.1 Å². The SMILES string of the molecule is COc1cc([C@@H](CC(=O)N[C@@H]2CCCc3c2[nH]c2ccccc32)c2oc(C)cc(=O)c2O)ccc1O. The number of phenolic OH excluding ortho intramolecular Hbond substituents is 1. The van der Waals surface area contributed by atoms with Crippen LogP contribution in [0.2, 0.25) is 0 Å². The van der Waals surface area contributed by atoms with Gasteiger partial charge in [0.2, 0.25) is 17.1 Å². The van der Waals surface area contributed by atoms with E-state index in [-0.39, 0.29) is 35.6 Å². The maximum atomic E-state index is 13.4. The fourth-order valence-electron chi connectivity index (χ4n) is 5.13. The highest BCUT2D eigenvalue weighted by Gasteiger charge is 2.30. The Labute approximate surface area is 207 Å². The van der Waals surface area contributed by atoms with Crippen LogP contribution in [0.4, 0.5) is 0 Å². The number of fused-ring (bicyclic) bond motifs is 3. The molecular weight excluding hydrogens is 460 g/mol. The summed E-state index contributed by atoms with van der Waals surface area (Å²) in [5, 5.41) is 24.9.